The number of fused-ring (bicyclic) bond motifs is 1. The molecule has 1 aromatic carbocycles. The topological polar surface area (TPSA) is 59.8 Å². The van der Waals surface area contributed by atoms with Crippen LogP contribution >= 0.6 is 23.2 Å². The van der Waals surface area contributed by atoms with Crippen molar-refractivity contribution in [1.82, 2.24) is 14.5 Å². The molecule has 3 rings (SSSR count). The molecule has 0 aliphatic heterocycles. The minimum Gasteiger partial charge on any atom is -0.357 e. The quantitative estimate of drug-likeness (QED) is 0.779. The highest BCUT2D eigenvalue weighted by Gasteiger charge is 2.14. The molecule has 0 atom stereocenters. The van der Waals surface area contributed by atoms with E-state index in [-0.39, 0.29) is 5.56 Å². The number of hydrogen-bond donors (Lipinski definition) is 1. The molecule has 1 N–H and O–H groups in total. The average Bonchev–Trinajstić information content (AvgIpc) is 2.51. The van der Waals surface area contributed by atoms with Crippen LogP contribution in [0.4, 0.5) is 5.95 Å². The number of hydrogen-bond acceptors (Lipinski definition) is 4. The average molecular weight is 335 g/mol. The molecule has 7 heteroatoms. The third-order valence-corrected chi connectivity index (χ3v) is 3.95. The first-order valence-corrected chi connectivity index (χ1v) is 7.29. The molecule has 5 nitrogen and oxygen atoms in total. The van der Waals surface area contributed by atoms with Crippen LogP contribution in [0, 0.1) is 6.92 Å². The molecule has 0 bridgehead atoms. The number of para-hydroxylation sites is 1. The summed E-state index contributed by atoms with van der Waals surface area (Å²) in [6.07, 6.45) is 3.19. The molecule has 0 saturated carbocycles. The molecule has 0 fully saturated rings. The van der Waals surface area contributed by atoms with Crippen molar-refractivity contribution in [3.8, 4) is 5.69 Å². The third kappa shape index (κ3) is 2.32. The molecule has 0 radical (unpaired) electrons. The number of benzene rings is 1. The summed E-state index contributed by atoms with van der Waals surface area (Å²) in [7, 11) is 1.72. The molecule has 3 aromatic rings. The van der Waals surface area contributed by atoms with Crippen LogP contribution in [0.3, 0.4) is 0 Å². The molecule has 2 heterocycles. The smallest absolute Gasteiger partial charge is 0.266 e. The third-order valence-electron chi connectivity index (χ3n) is 3.34. The zero-order valence-electron chi connectivity index (χ0n) is 11.9. The maximum Gasteiger partial charge on any atom is 0.266 e. The van der Waals surface area contributed by atoms with Gasteiger partial charge in [-0.05, 0) is 24.6 Å². The van der Waals surface area contributed by atoms with Crippen molar-refractivity contribution in [2.45, 2.75) is 6.92 Å². The van der Waals surface area contributed by atoms with Gasteiger partial charge >= 0.3 is 0 Å². The highest BCUT2D eigenvalue weighted by Crippen LogP contribution is 2.28. The lowest BCUT2D eigenvalue weighted by Crippen LogP contribution is -2.20. The predicted octanol–water partition coefficient (Wildman–Crippen LogP) is 3.44. The standard InChI is InChI=1S/C15H12Cl2N4O/c1-8-7-21(13-10(16)4-3-5-11(13)17)14(22)9-6-19-15(18-2)20-12(8)9/h3-7H,1-2H3,(H,18,19,20). The molecular formula is C15H12Cl2N4O. The van der Waals surface area contributed by atoms with Crippen molar-refractivity contribution >= 4 is 40.1 Å². The van der Waals surface area contributed by atoms with E-state index in [4.69, 9.17) is 23.2 Å². The fourth-order valence-corrected chi connectivity index (χ4v) is 2.87. The van der Waals surface area contributed by atoms with Gasteiger partial charge in [0.1, 0.15) is 0 Å². The van der Waals surface area contributed by atoms with Crippen LogP contribution in [0.5, 0.6) is 0 Å². The minimum atomic E-state index is -0.266. The second-order valence-corrected chi connectivity index (χ2v) is 5.58. The summed E-state index contributed by atoms with van der Waals surface area (Å²) in [6.45, 7) is 1.87. The lowest BCUT2D eigenvalue weighted by molar-refractivity contribution is 0.988. The van der Waals surface area contributed by atoms with Gasteiger partial charge < -0.3 is 5.32 Å². The van der Waals surface area contributed by atoms with Crippen LogP contribution < -0.4 is 10.9 Å². The summed E-state index contributed by atoms with van der Waals surface area (Å²) in [4.78, 5) is 21.2. The zero-order chi connectivity index (χ0) is 15.9. The van der Waals surface area contributed by atoms with E-state index in [1.54, 1.807) is 31.4 Å². The Morgan fingerprint density at radius 1 is 1.23 bits per heavy atom. The van der Waals surface area contributed by atoms with E-state index in [2.05, 4.69) is 15.3 Å². The number of halogens is 2. The highest BCUT2D eigenvalue weighted by molar-refractivity contribution is 6.37. The van der Waals surface area contributed by atoms with Gasteiger partial charge in [-0.3, -0.25) is 9.36 Å². The van der Waals surface area contributed by atoms with E-state index in [1.165, 1.54) is 10.8 Å². The Labute approximate surface area is 136 Å². The lowest BCUT2D eigenvalue weighted by Gasteiger charge is -2.12. The van der Waals surface area contributed by atoms with Crippen LogP contribution in [0.25, 0.3) is 16.6 Å². The van der Waals surface area contributed by atoms with Crippen LogP contribution in [-0.4, -0.2) is 21.6 Å². The van der Waals surface area contributed by atoms with Gasteiger partial charge in [-0.1, -0.05) is 29.3 Å². The molecule has 0 aliphatic rings. The lowest BCUT2D eigenvalue weighted by atomic mass is 10.2. The summed E-state index contributed by atoms with van der Waals surface area (Å²) < 4.78 is 1.44. The van der Waals surface area contributed by atoms with E-state index in [1.807, 2.05) is 6.92 Å². The van der Waals surface area contributed by atoms with Gasteiger partial charge in [0.25, 0.3) is 5.56 Å². The van der Waals surface area contributed by atoms with Crippen molar-refractivity contribution in [2.24, 2.45) is 0 Å². The molecule has 112 valence electrons. The van der Waals surface area contributed by atoms with Crippen molar-refractivity contribution in [3.63, 3.8) is 0 Å². The Morgan fingerprint density at radius 3 is 2.55 bits per heavy atom. The molecule has 0 spiro atoms. The first kappa shape index (κ1) is 14.8. The van der Waals surface area contributed by atoms with E-state index in [0.29, 0.717) is 32.6 Å². The summed E-state index contributed by atoms with van der Waals surface area (Å²) in [6, 6.07) is 5.11. The Balaban J connectivity index is 2.38. The highest BCUT2D eigenvalue weighted by atomic mass is 35.5. The Hall–Kier alpha value is -2.11. The van der Waals surface area contributed by atoms with Crippen LogP contribution in [0.15, 0.2) is 35.4 Å². The van der Waals surface area contributed by atoms with Gasteiger partial charge in [-0.25, -0.2) is 9.97 Å². The second-order valence-electron chi connectivity index (χ2n) is 4.76. The van der Waals surface area contributed by atoms with E-state index in [0.717, 1.165) is 5.56 Å². The normalized spacial score (nSPS) is 10.9. The number of rotatable bonds is 2. The SMILES string of the molecule is CNc1ncc2c(=O)n(-c3c(Cl)cccc3Cl)cc(C)c2n1. The molecule has 0 amide bonds. The van der Waals surface area contributed by atoms with Gasteiger partial charge in [-0.2, -0.15) is 0 Å². The van der Waals surface area contributed by atoms with Crippen molar-refractivity contribution in [3.05, 3.63) is 56.6 Å². The summed E-state index contributed by atoms with van der Waals surface area (Å²) in [5.41, 5.74) is 1.62. The maximum absolute atomic E-state index is 12.7. The molecule has 0 aliphatic carbocycles. The van der Waals surface area contributed by atoms with E-state index >= 15 is 0 Å². The van der Waals surface area contributed by atoms with E-state index < -0.39 is 0 Å². The fourth-order valence-electron chi connectivity index (χ4n) is 2.29. The van der Waals surface area contributed by atoms with Gasteiger partial charge in [0.05, 0.1) is 26.6 Å². The summed E-state index contributed by atoms with van der Waals surface area (Å²) in [5, 5.41) is 4.08. The number of anilines is 1. The molecular weight excluding hydrogens is 323 g/mol. The summed E-state index contributed by atoms with van der Waals surface area (Å²) >= 11 is 12.4. The van der Waals surface area contributed by atoms with Crippen molar-refractivity contribution in [1.29, 1.82) is 0 Å². The predicted molar refractivity (Wildman–Crippen MR) is 89.4 cm³/mol. The minimum absolute atomic E-state index is 0.266. The molecule has 0 unspecified atom stereocenters. The number of nitrogens with one attached hydrogen (secondary N) is 1. The number of aromatic nitrogens is 3. The monoisotopic (exact) mass is 334 g/mol. The van der Waals surface area contributed by atoms with E-state index in [9.17, 15) is 4.79 Å². The van der Waals surface area contributed by atoms with Gasteiger partial charge in [0.2, 0.25) is 5.95 Å². The molecule has 22 heavy (non-hydrogen) atoms. The molecule has 0 saturated heterocycles. The second kappa shape index (κ2) is 5.59. The Kier molecular flexibility index (Phi) is 3.76. The van der Waals surface area contributed by atoms with Crippen molar-refractivity contribution < 1.29 is 0 Å². The number of aryl methyl sites for hydroxylation is 1. The Morgan fingerprint density at radius 2 is 1.91 bits per heavy atom. The number of pyridine rings is 1. The van der Waals surface area contributed by atoms with Crippen LogP contribution in [0.2, 0.25) is 10.0 Å². The summed E-state index contributed by atoms with van der Waals surface area (Å²) in [5.74, 6) is 0.462. The zero-order valence-corrected chi connectivity index (χ0v) is 13.4. The first-order chi connectivity index (χ1) is 10.5. The Bertz CT molecular complexity index is 916. The first-order valence-electron chi connectivity index (χ1n) is 6.54. The van der Waals surface area contributed by atoms with Gasteiger partial charge in [0.15, 0.2) is 0 Å². The fraction of sp³-hybridized carbons (Fsp3) is 0.133. The number of nitrogens with zero attached hydrogens (tertiary/aromatic N) is 3. The molecule has 2 aromatic heterocycles. The largest absolute Gasteiger partial charge is 0.357 e. The van der Waals surface area contributed by atoms with Gasteiger partial charge in [-0.15, -0.1) is 0 Å². The van der Waals surface area contributed by atoms with Crippen LogP contribution in [0.1, 0.15) is 5.56 Å². The van der Waals surface area contributed by atoms with Crippen LogP contribution in [-0.2, 0) is 0 Å². The maximum atomic E-state index is 12.7. The van der Waals surface area contributed by atoms with Crippen molar-refractivity contribution in [2.75, 3.05) is 12.4 Å². The van der Waals surface area contributed by atoms with Gasteiger partial charge in [0, 0.05) is 19.4 Å².